The molecule has 0 fully saturated rings. The van der Waals surface area contributed by atoms with Crippen molar-refractivity contribution in [2.75, 3.05) is 31.8 Å². The Hall–Kier alpha value is 0.270. The Labute approximate surface area is 74.1 Å². The molecule has 0 aromatic carbocycles. The predicted molar refractivity (Wildman–Crippen MR) is 52.3 cm³/mol. The second kappa shape index (κ2) is 8.37. The van der Waals surface area contributed by atoms with Gasteiger partial charge in [-0.1, -0.05) is 6.92 Å². The van der Waals surface area contributed by atoms with Gasteiger partial charge in [-0.3, -0.25) is 0 Å². The third kappa shape index (κ3) is 8.17. The summed E-state index contributed by atoms with van der Waals surface area (Å²) in [6.07, 6.45) is 0. The van der Waals surface area contributed by atoms with Gasteiger partial charge in [0.25, 0.3) is 0 Å². The second-order valence-electron chi connectivity index (χ2n) is 2.51. The van der Waals surface area contributed by atoms with E-state index in [-0.39, 0.29) is 0 Å². The first kappa shape index (κ1) is 11.3. The minimum Gasteiger partial charge on any atom is -0.383 e. The molecule has 3 heteroatoms. The summed E-state index contributed by atoms with van der Waals surface area (Å²) in [7, 11) is 1.73. The van der Waals surface area contributed by atoms with Crippen LogP contribution in [0, 0.1) is 0 Å². The fourth-order valence-electron chi connectivity index (χ4n) is 0.761. The summed E-state index contributed by atoms with van der Waals surface area (Å²) in [5, 5.41) is 3.37. The third-order valence-corrected chi connectivity index (χ3v) is 2.51. The summed E-state index contributed by atoms with van der Waals surface area (Å²) in [5.74, 6) is 2.40. The van der Waals surface area contributed by atoms with Gasteiger partial charge in [-0.15, -0.1) is 0 Å². The number of hydrogen-bond donors (Lipinski definition) is 1. The van der Waals surface area contributed by atoms with Crippen LogP contribution in [0.2, 0.25) is 0 Å². The van der Waals surface area contributed by atoms with Crippen molar-refractivity contribution in [2.45, 2.75) is 19.9 Å². The first-order valence-electron chi connectivity index (χ1n) is 4.11. The van der Waals surface area contributed by atoms with Crippen LogP contribution in [-0.4, -0.2) is 37.8 Å². The summed E-state index contributed by atoms with van der Waals surface area (Å²) in [6.45, 7) is 6.16. The molecule has 0 aromatic rings. The van der Waals surface area contributed by atoms with Crippen molar-refractivity contribution >= 4 is 11.8 Å². The average Bonchev–Trinajstić information content (AvgIpc) is 2.01. The average molecular weight is 177 g/mol. The molecule has 68 valence electrons. The molecular weight excluding hydrogens is 158 g/mol. The molecule has 0 aliphatic rings. The van der Waals surface area contributed by atoms with Crippen molar-refractivity contribution < 1.29 is 4.74 Å². The molecule has 0 radical (unpaired) electrons. The number of thioether (sulfide) groups is 1. The molecule has 0 aliphatic carbocycles. The van der Waals surface area contributed by atoms with E-state index in [0.717, 1.165) is 13.2 Å². The van der Waals surface area contributed by atoms with Crippen LogP contribution in [0.4, 0.5) is 0 Å². The zero-order chi connectivity index (χ0) is 8.53. The normalized spacial score (nSPS) is 13.4. The highest BCUT2D eigenvalue weighted by molar-refractivity contribution is 7.99. The smallest absolute Gasteiger partial charge is 0.0587 e. The molecule has 0 saturated heterocycles. The van der Waals surface area contributed by atoms with Crippen LogP contribution in [0.5, 0.6) is 0 Å². The lowest BCUT2D eigenvalue weighted by molar-refractivity contribution is 0.197. The first-order valence-corrected chi connectivity index (χ1v) is 5.26. The Morgan fingerprint density at radius 3 is 2.82 bits per heavy atom. The summed E-state index contributed by atoms with van der Waals surface area (Å²) in [6, 6.07) is 0.607. The molecule has 0 saturated carbocycles. The Morgan fingerprint density at radius 2 is 2.27 bits per heavy atom. The Morgan fingerprint density at radius 1 is 1.55 bits per heavy atom. The van der Waals surface area contributed by atoms with Crippen LogP contribution in [0.3, 0.4) is 0 Å². The van der Waals surface area contributed by atoms with Crippen LogP contribution in [0.15, 0.2) is 0 Å². The summed E-state index contributed by atoms with van der Waals surface area (Å²) < 4.78 is 4.93. The molecule has 0 rings (SSSR count). The maximum absolute atomic E-state index is 4.93. The third-order valence-electron chi connectivity index (χ3n) is 1.37. The highest BCUT2D eigenvalue weighted by Gasteiger charge is 1.98. The van der Waals surface area contributed by atoms with Crippen molar-refractivity contribution in [3.8, 4) is 0 Å². The monoisotopic (exact) mass is 177 g/mol. The number of hydrogen-bond acceptors (Lipinski definition) is 3. The molecule has 0 amide bonds. The molecule has 0 spiro atoms. The molecular formula is C8H19NOS. The zero-order valence-corrected chi connectivity index (χ0v) is 8.54. The maximum Gasteiger partial charge on any atom is 0.0587 e. The summed E-state index contributed by atoms with van der Waals surface area (Å²) >= 11 is 1.97. The standard InChI is InChI=1S/C8H19NOS/c1-4-11-7-8(2)9-5-6-10-3/h8-9H,4-7H2,1-3H3. The lowest BCUT2D eigenvalue weighted by Gasteiger charge is -2.11. The van der Waals surface area contributed by atoms with E-state index in [0.29, 0.717) is 6.04 Å². The minimum atomic E-state index is 0.607. The topological polar surface area (TPSA) is 21.3 Å². The Balaban J connectivity index is 3.02. The predicted octanol–water partition coefficient (Wildman–Crippen LogP) is 1.36. The van der Waals surface area contributed by atoms with Crippen LogP contribution in [0.25, 0.3) is 0 Å². The molecule has 1 unspecified atom stereocenters. The molecule has 0 heterocycles. The molecule has 2 nitrogen and oxygen atoms in total. The number of nitrogens with one attached hydrogen (secondary N) is 1. The van der Waals surface area contributed by atoms with E-state index in [1.165, 1.54) is 11.5 Å². The number of ether oxygens (including phenoxy) is 1. The van der Waals surface area contributed by atoms with Gasteiger partial charge in [0.2, 0.25) is 0 Å². The molecule has 11 heavy (non-hydrogen) atoms. The minimum absolute atomic E-state index is 0.607. The van der Waals surface area contributed by atoms with E-state index in [4.69, 9.17) is 4.74 Å². The zero-order valence-electron chi connectivity index (χ0n) is 7.72. The fourth-order valence-corrected chi connectivity index (χ4v) is 1.47. The van der Waals surface area contributed by atoms with Crippen LogP contribution >= 0.6 is 11.8 Å². The fraction of sp³-hybridized carbons (Fsp3) is 1.00. The molecule has 0 aliphatic heterocycles. The quantitative estimate of drug-likeness (QED) is 0.593. The van der Waals surface area contributed by atoms with E-state index < -0.39 is 0 Å². The van der Waals surface area contributed by atoms with E-state index in [9.17, 15) is 0 Å². The molecule has 0 bridgehead atoms. The van der Waals surface area contributed by atoms with Gasteiger partial charge in [-0.05, 0) is 12.7 Å². The van der Waals surface area contributed by atoms with E-state index in [1.807, 2.05) is 11.8 Å². The van der Waals surface area contributed by atoms with Crippen LogP contribution in [-0.2, 0) is 4.74 Å². The van der Waals surface area contributed by atoms with Gasteiger partial charge in [-0.2, -0.15) is 11.8 Å². The van der Waals surface area contributed by atoms with Crippen LogP contribution in [0.1, 0.15) is 13.8 Å². The van der Waals surface area contributed by atoms with Gasteiger partial charge in [0.05, 0.1) is 6.61 Å². The highest BCUT2D eigenvalue weighted by atomic mass is 32.2. The number of methoxy groups -OCH3 is 1. The first-order chi connectivity index (χ1) is 5.31. The summed E-state index contributed by atoms with van der Waals surface area (Å²) in [4.78, 5) is 0. The van der Waals surface area contributed by atoms with Gasteiger partial charge in [0.15, 0.2) is 0 Å². The van der Waals surface area contributed by atoms with Crippen molar-refractivity contribution in [2.24, 2.45) is 0 Å². The highest BCUT2D eigenvalue weighted by Crippen LogP contribution is 2.00. The SMILES string of the molecule is CCSCC(C)NCCOC. The van der Waals surface area contributed by atoms with Gasteiger partial charge in [0.1, 0.15) is 0 Å². The molecule has 0 aromatic heterocycles. The lowest BCUT2D eigenvalue weighted by Crippen LogP contribution is -2.31. The van der Waals surface area contributed by atoms with Crippen molar-refractivity contribution in [1.82, 2.24) is 5.32 Å². The largest absolute Gasteiger partial charge is 0.383 e. The van der Waals surface area contributed by atoms with Crippen LogP contribution < -0.4 is 5.32 Å². The van der Waals surface area contributed by atoms with E-state index in [1.54, 1.807) is 7.11 Å². The van der Waals surface area contributed by atoms with Gasteiger partial charge < -0.3 is 10.1 Å². The summed E-state index contributed by atoms with van der Waals surface area (Å²) in [5.41, 5.74) is 0. The van der Waals surface area contributed by atoms with Gasteiger partial charge >= 0.3 is 0 Å². The molecule has 1 N–H and O–H groups in total. The van der Waals surface area contributed by atoms with E-state index in [2.05, 4.69) is 19.2 Å². The van der Waals surface area contributed by atoms with Crippen molar-refractivity contribution in [3.63, 3.8) is 0 Å². The lowest BCUT2D eigenvalue weighted by atomic mass is 10.4. The second-order valence-corrected chi connectivity index (χ2v) is 3.83. The van der Waals surface area contributed by atoms with E-state index >= 15 is 0 Å². The van der Waals surface area contributed by atoms with Gasteiger partial charge in [0, 0.05) is 25.4 Å². The van der Waals surface area contributed by atoms with Gasteiger partial charge in [-0.25, -0.2) is 0 Å². The Bertz CT molecular complexity index is 80.5. The molecule has 1 atom stereocenters. The Kier molecular flexibility index (Phi) is 8.57. The maximum atomic E-state index is 4.93. The van der Waals surface area contributed by atoms with Crippen molar-refractivity contribution in [3.05, 3.63) is 0 Å². The number of rotatable bonds is 7. The van der Waals surface area contributed by atoms with Crippen molar-refractivity contribution in [1.29, 1.82) is 0 Å².